The van der Waals surface area contributed by atoms with Gasteiger partial charge in [-0.05, 0) is 32.1 Å². The predicted octanol–water partition coefficient (Wildman–Crippen LogP) is 1.55. The first-order chi connectivity index (χ1) is 6.91. The minimum Gasteiger partial charge on any atom is -0.393 e. The molecule has 0 aromatic carbocycles. The molecule has 3 heteroatoms. The van der Waals surface area contributed by atoms with Crippen LogP contribution in [-0.4, -0.2) is 36.5 Å². The van der Waals surface area contributed by atoms with Gasteiger partial charge in [0.05, 0.1) is 12.2 Å². The Balaban J connectivity index is 2.28. The molecule has 0 spiro atoms. The average molecular weight is 215 g/mol. The zero-order chi connectivity index (χ0) is 11.5. The molecule has 1 aliphatic rings. The molecule has 0 aromatic rings. The van der Waals surface area contributed by atoms with E-state index in [0.717, 1.165) is 26.0 Å². The number of hydrogen-bond donors (Lipinski definition) is 2. The number of aliphatic hydroxyl groups excluding tert-OH is 1. The van der Waals surface area contributed by atoms with Crippen molar-refractivity contribution in [1.82, 2.24) is 5.32 Å². The van der Waals surface area contributed by atoms with E-state index in [4.69, 9.17) is 4.74 Å². The molecule has 15 heavy (non-hydrogen) atoms. The van der Waals surface area contributed by atoms with E-state index < -0.39 is 0 Å². The molecule has 0 radical (unpaired) electrons. The van der Waals surface area contributed by atoms with Crippen LogP contribution in [0.3, 0.4) is 0 Å². The number of aliphatic hydroxyl groups is 1. The molecular formula is C12H25NO2. The first-order valence-corrected chi connectivity index (χ1v) is 5.94. The van der Waals surface area contributed by atoms with Crippen molar-refractivity contribution in [2.45, 2.75) is 58.8 Å². The zero-order valence-corrected chi connectivity index (χ0v) is 10.4. The van der Waals surface area contributed by atoms with Crippen molar-refractivity contribution < 1.29 is 9.84 Å². The molecule has 1 fully saturated rings. The van der Waals surface area contributed by atoms with Gasteiger partial charge in [-0.1, -0.05) is 13.8 Å². The van der Waals surface area contributed by atoms with Gasteiger partial charge in [0.2, 0.25) is 0 Å². The largest absolute Gasteiger partial charge is 0.393 e. The first kappa shape index (κ1) is 12.9. The van der Waals surface area contributed by atoms with E-state index in [2.05, 4.69) is 26.1 Å². The van der Waals surface area contributed by atoms with Crippen LogP contribution in [0.4, 0.5) is 0 Å². The highest BCUT2D eigenvalue weighted by atomic mass is 16.5. The van der Waals surface area contributed by atoms with Crippen molar-refractivity contribution in [1.29, 1.82) is 0 Å². The van der Waals surface area contributed by atoms with Gasteiger partial charge >= 0.3 is 0 Å². The van der Waals surface area contributed by atoms with E-state index in [1.165, 1.54) is 0 Å². The third kappa shape index (κ3) is 4.49. The Morgan fingerprint density at radius 3 is 2.67 bits per heavy atom. The number of nitrogens with one attached hydrogen (secondary N) is 1. The van der Waals surface area contributed by atoms with Gasteiger partial charge in [0.1, 0.15) is 0 Å². The van der Waals surface area contributed by atoms with E-state index in [9.17, 15) is 5.11 Å². The summed E-state index contributed by atoms with van der Waals surface area (Å²) in [6.07, 6.45) is 2.04. The summed E-state index contributed by atoms with van der Waals surface area (Å²) in [6, 6.07) is 0.485. The lowest BCUT2D eigenvalue weighted by atomic mass is 9.86. The monoisotopic (exact) mass is 215 g/mol. The molecule has 2 N–H and O–H groups in total. The average Bonchev–Trinajstić information content (AvgIpc) is 2.45. The highest BCUT2D eigenvalue weighted by Gasteiger charge is 2.27. The summed E-state index contributed by atoms with van der Waals surface area (Å²) >= 11 is 0. The van der Waals surface area contributed by atoms with Crippen LogP contribution in [0, 0.1) is 5.41 Å². The molecule has 3 atom stereocenters. The van der Waals surface area contributed by atoms with Gasteiger partial charge in [-0.2, -0.15) is 0 Å². The van der Waals surface area contributed by atoms with Gasteiger partial charge in [-0.3, -0.25) is 0 Å². The van der Waals surface area contributed by atoms with Crippen LogP contribution in [0.1, 0.15) is 40.5 Å². The Bertz CT molecular complexity index is 192. The second kappa shape index (κ2) is 5.28. The minimum absolute atomic E-state index is 0.149. The van der Waals surface area contributed by atoms with Crippen LogP contribution in [0.25, 0.3) is 0 Å². The maximum absolute atomic E-state index is 9.38. The molecule has 90 valence electrons. The van der Waals surface area contributed by atoms with Gasteiger partial charge in [-0.15, -0.1) is 0 Å². The summed E-state index contributed by atoms with van der Waals surface area (Å²) in [4.78, 5) is 0. The molecule has 0 bridgehead atoms. The molecule has 0 aromatic heterocycles. The topological polar surface area (TPSA) is 41.5 Å². The lowest BCUT2D eigenvalue weighted by molar-refractivity contribution is 0.103. The molecule has 3 unspecified atom stereocenters. The van der Waals surface area contributed by atoms with E-state index in [0.29, 0.717) is 12.1 Å². The van der Waals surface area contributed by atoms with E-state index in [-0.39, 0.29) is 11.5 Å². The second-order valence-corrected chi connectivity index (χ2v) is 5.57. The van der Waals surface area contributed by atoms with E-state index in [1.54, 1.807) is 0 Å². The molecule has 1 heterocycles. The summed E-state index contributed by atoms with van der Waals surface area (Å²) in [5, 5.41) is 12.9. The fourth-order valence-corrected chi connectivity index (χ4v) is 2.28. The molecule has 0 saturated carbocycles. The molecular weight excluding hydrogens is 190 g/mol. The van der Waals surface area contributed by atoms with Crippen molar-refractivity contribution in [2.75, 3.05) is 13.2 Å². The van der Waals surface area contributed by atoms with Crippen molar-refractivity contribution in [2.24, 2.45) is 5.41 Å². The van der Waals surface area contributed by atoms with Gasteiger partial charge in [0.25, 0.3) is 0 Å². The highest BCUT2D eigenvalue weighted by Crippen LogP contribution is 2.22. The van der Waals surface area contributed by atoms with Gasteiger partial charge < -0.3 is 15.2 Å². The number of rotatable bonds is 5. The zero-order valence-electron chi connectivity index (χ0n) is 10.4. The second-order valence-electron chi connectivity index (χ2n) is 5.57. The standard InChI is InChI=1S/C12H25NO2/c1-9(14)7-12(3,4)8-13-11-5-6-15-10(11)2/h9-11,13-14H,5-8H2,1-4H3. The smallest absolute Gasteiger partial charge is 0.0700 e. The summed E-state index contributed by atoms with van der Waals surface area (Å²) < 4.78 is 5.50. The van der Waals surface area contributed by atoms with Crippen molar-refractivity contribution in [3.05, 3.63) is 0 Å². The van der Waals surface area contributed by atoms with Crippen LogP contribution in [-0.2, 0) is 4.74 Å². The van der Waals surface area contributed by atoms with Crippen LogP contribution >= 0.6 is 0 Å². The Hall–Kier alpha value is -0.120. The number of hydrogen-bond acceptors (Lipinski definition) is 3. The van der Waals surface area contributed by atoms with Crippen LogP contribution in [0.5, 0.6) is 0 Å². The molecule has 1 aliphatic heterocycles. The normalized spacial score (nSPS) is 29.4. The predicted molar refractivity (Wildman–Crippen MR) is 61.9 cm³/mol. The van der Waals surface area contributed by atoms with Gasteiger partial charge in [0.15, 0.2) is 0 Å². The fourth-order valence-electron chi connectivity index (χ4n) is 2.28. The Morgan fingerprint density at radius 2 is 2.20 bits per heavy atom. The highest BCUT2D eigenvalue weighted by molar-refractivity contribution is 4.82. The SMILES string of the molecule is CC(O)CC(C)(C)CNC1CCOC1C. The van der Waals surface area contributed by atoms with Gasteiger partial charge in [-0.25, -0.2) is 0 Å². The van der Waals surface area contributed by atoms with Crippen LogP contribution in [0.2, 0.25) is 0 Å². The van der Waals surface area contributed by atoms with Crippen molar-refractivity contribution in [3.8, 4) is 0 Å². The maximum atomic E-state index is 9.38. The Morgan fingerprint density at radius 1 is 1.53 bits per heavy atom. The lowest BCUT2D eigenvalue weighted by Crippen LogP contribution is -2.41. The van der Waals surface area contributed by atoms with E-state index in [1.807, 2.05) is 6.92 Å². The van der Waals surface area contributed by atoms with Crippen LogP contribution in [0.15, 0.2) is 0 Å². The van der Waals surface area contributed by atoms with E-state index >= 15 is 0 Å². The molecule has 3 nitrogen and oxygen atoms in total. The quantitative estimate of drug-likeness (QED) is 0.731. The maximum Gasteiger partial charge on any atom is 0.0700 e. The third-order valence-electron chi connectivity index (χ3n) is 3.07. The first-order valence-electron chi connectivity index (χ1n) is 5.94. The number of ether oxygens (including phenoxy) is 1. The fraction of sp³-hybridized carbons (Fsp3) is 1.00. The van der Waals surface area contributed by atoms with Crippen molar-refractivity contribution in [3.63, 3.8) is 0 Å². The summed E-state index contributed by atoms with van der Waals surface area (Å²) in [5.41, 5.74) is 0.149. The third-order valence-corrected chi connectivity index (χ3v) is 3.07. The molecule has 1 rings (SSSR count). The lowest BCUT2D eigenvalue weighted by Gasteiger charge is -2.29. The van der Waals surface area contributed by atoms with Gasteiger partial charge in [0, 0.05) is 19.2 Å². The Kier molecular flexibility index (Phi) is 4.56. The summed E-state index contributed by atoms with van der Waals surface area (Å²) in [6.45, 7) is 10.2. The molecule has 0 aliphatic carbocycles. The molecule has 0 amide bonds. The minimum atomic E-state index is -0.223. The molecule has 1 saturated heterocycles. The Labute approximate surface area is 93.2 Å². The summed E-state index contributed by atoms with van der Waals surface area (Å²) in [7, 11) is 0. The summed E-state index contributed by atoms with van der Waals surface area (Å²) in [5.74, 6) is 0. The van der Waals surface area contributed by atoms with Crippen LogP contribution < -0.4 is 5.32 Å². The van der Waals surface area contributed by atoms with Crippen molar-refractivity contribution >= 4 is 0 Å².